The number of hydrogen-bond donors (Lipinski definition) is 3. The minimum Gasteiger partial charge on any atom is -0.444 e. The fourth-order valence-corrected chi connectivity index (χ4v) is 1.88. The van der Waals surface area contributed by atoms with Crippen molar-refractivity contribution in [2.45, 2.75) is 51.2 Å². The molecule has 0 unspecified atom stereocenters. The van der Waals surface area contributed by atoms with E-state index in [-0.39, 0.29) is 0 Å². The van der Waals surface area contributed by atoms with Crippen LogP contribution in [0.1, 0.15) is 40.0 Å². The Hall–Kier alpha value is -0.810. The number of aliphatic hydroxyl groups is 1. The third-order valence-corrected chi connectivity index (χ3v) is 2.71. The Bertz CT molecular complexity index is 255. The van der Waals surface area contributed by atoms with E-state index in [4.69, 9.17) is 4.74 Å². The Balaban J connectivity index is 2.20. The molecule has 100 valence electrons. The van der Waals surface area contributed by atoms with E-state index in [1.165, 1.54) is 0 Å². The van der Waals surface area contributed by atoms with Gasteiger partial charge in [0.15, 0.2) is 0 Å². The normalized spacial score (nSPS) is 25.4. The molecule has 0 aliphatic carbocycles. The fourth-order valence-electron chi connectivity index (χ4n) is 1.88. The van der Waals surface area contributed by atoms with Crippen LogP contribution >= 0.6 is 0 Å². The first-order valence-corrected chi connectivity index (χ1v) is 6.21. The molecule has 17 heavy (non-hydrogen) atoms. The molecule has 0 aromatic carbocycles. The van der Waals surface area contributed by atoms with E-state index in [0.717, 1.165) is 19.4 Å². The van der Waals surface area contributed by atoms with Crippen molar-refractivity contribution in [1.82, 2.24) is 10.6 Å². The minimum absolute atomic E-state index is 0.426. The third kappa shape index (κ3) is 5.89. The van der Waals surface area contributed by atoms with Gasteiger partial charge in [0.2, 0.25) is 0 Å². The summed E-state index contributed by atoms with van der Waals surface area (Å²) in [5, 5.41) is 16.0. The van der Waals surface area contributed by atoms with Gasteiger partial charge in [0.1, 0.15) is 5.60 Å². The molecule has 5 nitrogen and oxygen atoms in total. The molecule has 0 saturated carbocycles. The monoisotopic (exact) mass is 244 g/mol. The predicted molar refractivity (Wildman–Crippen MR) is 65.9 cm³/mol. The summed E-state index contributed by atoms with van der Waals surface area (Å²) in [6, 6.07) is 0. The second-order valence-corrected chi connectivity index (χ2v) is 5.68. The largest absolute Gasteiger partial charge is 0.444 e. The summed E-state index contributed by atoms with van der Waals surface area (Å²) in [4.78, 5) is 11.4. The topological polar surface area (TPSA) is 70.6 Å². The highest BCUT2D eigenvalue weighted by Gasteiger charge is 2.28. The van der Waals surface area contributed by atoms with Crippen molar-refractivity contribution in [1.29, 1.82) is 0 Å². The van der Waals surface area contributed by atoms with Crippen molar-refractivity contribution in [3.63, 3.8) is 0 Å². The minimum atomic E-state index is -0.687. The fraction of sp³-hybridized carbons (Fsp3) is 0.917. The van der Waals surface area contributed by atoms with Gasteiger partial charge in [0.25, 0.3) is 0 Å². The van der Waals surface area contributed by atoms with Gasteiger partial charge in [-0.05, 0) is 46.6 Å². The highest BCUT2D eigenvalue weighted by Crippen LogP contribution is 2.19. The van der Waals surface area contributed by atoms with Gasteiger partial charge in [-0.2, -0.15) is 0 Å². The number of rotatable bonds is 3. The number of hydrogen-bond acceptors (Lipinski definition) is 4. The summed E-state index contributed by atoms with van der Waals surface area (Å²) in [6.07, 6.45) is 1.89. The molecule has 3 N–H and O–H groups in total. The van der Waals surface area contributed by atoms with E-state index in [0.29, 0.717) is 19.5 Å². The summed E-state index contributed by atoms with van der Waals surface area (Å²) in [7, 11) is 0. The molecule has 1 aliphatic heterocycles. The highest BCUT2D eigenvalue weighted by molar-refractivity contribution is 5.67. The molecular formula is C12H24N2O3. The second-order valence-electron chi connectivity index (χ2n) is 5.68. The molecule has 1 atom stereocenters. The van der Waals surface area contributed by atoms with E-state index in [9.17, 15) is 9.90 Å². The average molecular weight is 244 g/mol. The number of carbonyl (C=O) groups is 1. The van der Waals surface area contributed by atoms with Gasteiger partial charge in [-0.1, -0.05) is 0 Å². The van der Waals surface area contributed by atoms with Gasteiger partial charge in [-0.15, -0.1) is 0 Å². The lowest BCUT2D eigenvalue weighted by molar-refractivity contribution is 0.00745. The van der Waals surface area contributed by atoms with Crippen LogP contribution in [0.2, 0.25) is 0 Å². The van der Waals surface area contributed by atoms with E-state index in [2.05, 4.69) is 10.6 Å². The quantitative estimate of drug-likeness (QED) is 0.693. The van der Waals surface area contributed by atoms with Gasteiger partial charge in [-0.25, -0.2) is 4.79 Å². The van der Waals surface area contributed by atoms with Crippen molar-refractivity contribution >= 4 is 6.09 Å². The number of nitrogens with one attached hydrogen (secondary N) is 2. The Labute approximate surface area is 103 Å². The summed E-state index contributed by atoms with van der Waals surface area (Å²) in [5.41, 5.74) is -1.17. The van der Waals surface area contributed by atoms with E-state index in [1.54, 1.807) is 0 Å². The van der Waals surface area contributed by atoms with Gasteiger partial charge < -0.3 is 20.5 Å². The maximum Gasteiger partial charge on any atom is 0.407 e. The molecule has 5 heteroatoms. The van der Waals surface area contributed by atoms with Crippen LogP contribution in [0.5, 0.6) is 0 Å². The number of alkyl carbamates (subject to hydrolysis) is 1. The Morgan fingerprint density at radius 1 is 1.53 bits per heavy atom. The first-order valence-electron chi connectivity index (χ1n) is 6.21. The molecule has 0 aromatic rings. The Morgan fingerprint density at radius 2 is 2.24 bits per heavy atom. The molecule has 1 rings (SSSR count). The number of ether oxygens (including phenoxy) is 1. The van der Waals surface area contributed by atoms with Crippen molar-refractivity contribution in [2.24, 2.45) is 0 Å². The lowest BCUT2D eigenvalue weighted by Gasteiger charge is -2.32. The van der Waals surface area contributed by atoms with Crippen LogP contribution in [0.15, 0.2) is 0 Å². The van der Waals surface area contributed by atoms with Crippen molar-refractivity contribution in [3.05, 3.63) is 0 Å². The zero-order valence-corrected chi connectivity index (χ0v) is 11.0. The summed E-state index contributed by atoms with van der Waals surface area (Å²) < 4.78 is 5.11. The lowest BCUT2D eigenvalue weighted by Crippen LogP contribution is -2.47. The summed E-state index contributed by atoms with van der Waals surface area (Å²) in [5.74, 6) is 0. The molecule has 0 radical (unpaired) electrons. The number of β-amino-alcohol motifs (C(OH)–C–C–N with tert-alkyl or cyclic N) is 1. The van der Waals surface area contributed by atoms with Crippen molar-refractivity contribution in [2.75, 3.05) is 19.6 Å². The first kappa shape index (κ1) is 14.3. The van der Waals surface area contributed by atoms with Gasteiger partial charge in [-0.3, -0.25) is 0 Å². The highest BCUT2D eigenvalue weighted by atomic mass is 16.6. The molecule has 1 amide bonds. The molecule has 0 bridgehead atoms. The first-order chi connectivity index (χ1) is 7.81. The number of amides is 1. The van der Waals surface area contributed by atoms with Crippen LogP contribution in [-0.2, 0) is 4.74 Å². The molecular weight excluding hydrogens is 220 g/mol. The lowest BCUT2D eigenvalue weighted by atomic mass is 9.91. The number of piperidine rings is 1. The third-order valence-electron chi connectivity index (χ3n) is 2.71. The summed E-state index contributed by atoms with van der Waals surface area (Å²) in [6.45, 7) is 7.47. The van der Waals surface area contributed by atoms with Crippen LogP contribution in [0.25, 0.3) is 0 Å². The van der Waals surface area contributed by atoms with Crippen LogP contribution in [-0.4, -0.2) is 42.0 Å². The van der Waals surface area contributed by atoms with Gasteiger partial charge in [0, 0.05) is 13.1 Å². The molecule has 0 aromatic heterocycles. The van der Waals surface area contributed by atoms with Gasteiger partial charge in [0.05, 0.1) is 5.60 Å². The zero-order valence-electron chi connectivity index (χ0n) is 11.0. The number of carbonyl (C=O) groups excluding carboxylic acids is 1. The predicted octanol–water partition coefficient (Wildman–Crippen LogP) is 1.02. The molecule has 1 saturated heterocycles. The van der Waals surface area contributed by atoms with E-state index >= 15 is 0 Å². The van der Waals surface area contributed by atoms with Crippen molar-refractivity contribution < 1.29 is 14.6 Å². The SMILES string of the molecule is CC(C)(C)OC(=O)NCC[C@]1(O)CCCNC1. The van der Waals surface area contributed by atoms with Crippen LogP contribution < -0.4 is 10.6 Å². The van der Waals surface area contributed by atoms with Gasteiger partial charge >= 0.3 is 6.09 Å². The van der Waals surface area contributed by atoms with Crippen molar-refractivity contribution in [3.8, 4) is 0 Å². The standard InChI is InChI=1S/C12H24N2O3/c1-11(2,3)17-10(15)14-8-6-12(16)5-4-7-13-9-12/h13,16H,4-9H2,1-3H3,(H,14,15)/t12-/m1/s1. The molecule has 0 spiro atoms. The van der Waals surface area contributed by atoms with Crippen LogP contribution in [0, 0.1) is 0 Å². The average Bonchev–Trinajstić information content (AvgIpc) is 2.15. The smallest absolute Gasteiger partial charge is 0.407 e. The van der Waals surface area contributed by atoms with Crippen LogP contribution in [0.4, 0.5) is 4.79 Å². The Kier molecular flexibility index (Phi) is 4.77. The Morgan fingerprint density at radius 3 is 2.76 bits per heavy atom. The molecule has 1 fully saturated rings. The summed E-state index contributed by atoms with van der Waals surface area (Å²) >= 11 is 0. The van der Waals surface area contributed by atoms with E-state index in [1.807, 2.05) is 20.8 Å². The molecule has 1 aliphatic rings. The maximum absolute atomic E-state index is 11.4. The maximum atomic E-state index is 11.4. The zero-order chi connectivity index (χ0) is 12.9. The molecule has 1 heterocycles. The second kappa shape index (κ2) is 5.69. The van der Waals surface area contributed by atoms with Crippen LogP contribution in [0.3, 0.4) is 0 Å². The van der Waals surface area contributed by atoms with E-state index < -0.39 is 17.3 Å².